The van der Waals surface area contributed by atoms with Crippen molar-refractivity contribution in [1.29, 1.82) is 0 Å². The van der Waals surface area contributed by atoms with Gasteiger partial charge in [0.15, 0.2) is 0 Å². The number of rotatable bonds is 8. The van der Waals surface area contributed by atoms with Gasteiger partial charge in [-0.05, 0) is 54.2 Å². The summed E-state index contributed by atoms with van der Waals surface area (Å²) in [5.74, 6) is -1.84. The molecule has 1 unspecified atom stereocenters. The molecule has 0 aromatic heterocycles. The summed E-state index contributed by atoms with van der Waals surface area (Å²) in [6, 6.07) is 11.0. The van der Waals surface area contributed by atoms with Crippen LogP contribution in [0.1, 0.15) is 48.2 Å². The van der Waals surface area contributed by atoms with E-state index in [-0.39, 0.29) is 29.0 Å². The van der Waals surface area contributed by atoms with Gasteiger partial charge in [-0.3, -0.25) is 4.79 Å². The van der Waals surface area contributed by atoms with Gasteiger partial charge in [-0.2, -0.15) is 0 Å². The second-order valence-corrected chi connectivity index (χ2v) is 8.09. The van der Waals surface area contributed by atoms with Gasteiger partial charge in [0.25, 0.3) is 0 Å². The fourth-order valence-corrected chi connectivity index (χ4v) is 3.35. The molecular weight excluding hydrogens is 397 g/mol. The standard InChI is InChI=1S/C22H23ClFNO4/c1-13(2)19(29-12-14-3-8-17(23)18(24)11-14)20(26)25-22(9-10-22)16-6-4-15(5-7-16)21(27)28/h3-8,11,13,19H,9-10,12H2,1-2H3,(H,25,26)(H,27,28). The fraction of sp³-hybridized carbons (Fsp3) is 0.364. The molecule has 1 saturated carbocycles. The number of carbonyl (C=O) groups is 2. The summed E-state index contributed by atoms with van der Waals surface area (Å²) in [7, 11) is 0. The lowest BCUT2D eigenvalue weighted by Gasteiger charge is -2.25. The lowest BCUT2D eigenvalue weighted by atomic mass is 10.0. The van der Waals surface area contributed by atoms with Crippen molar-refractivity contribution in [2.75, 3.05) is 0 Å². The maximum atomic E-state index is 13.6. The first-order valence-corrected chi connectivity index (χ1v) is 9.81. The first kappa shape index (κ1) is 21.3. The molecule has 29 heavy (non-hydrogen) atoms. The predicted octanol–water partition coefficient (Wildman–Crippen LogP) is 4.52. The van der Waals surface area contributed by atoms with Crippen LogP contribution in [0.3, 0.4) is 0 Å². The van der Waals surface area contributed by atoms with E-state index in [0.29, 0.717) is 5.56 Å². The Kier molecular flexibility index (Phi) is 6.24. The Balaban J connectivity index is 1.67. The van der Waals surface area contributed by atoms with Crippen molar-refractivity contribution in [2.45, 2.75) is 44.9 Å². The number of nitrogens with one attached hydrogen (secondary N) is 1. The summed E-state index contributed by atoms with van der Waals surface area (Å²) in [5, 5.41) is 12.1. The molecule has 3 rings (SSSR count). The number of aromatic carboxylic acids is 1. The highest BCUT2D eigenvalue weighted by molar-refractivity contribution is 6.30. The third-order valence-electron chi connectivity index (χ3n) is 5.07. The average Bonchev–Trinajstić information content (AvgIpc) is 3.45. The van der Waals surface area contributed by atoms with Crippen LogP contribution in [-0.2, 0) is 21.7 Å². The largest absolute Gasteiger partial charge is 0.478 e. The highest BCUT2D eigenvalue weighted by atomic mass is 35.5. The molecule has 0 bridgehead atoms. The van der Waals surface area contributed by atoms with Crippen LogP contribution >= 0.6 is 11.6 Å². The van der Waals surface area contributed by atoms with E-state index < -0.39 is 23.4 Å². The third-order valence-corrected chi connectivity index (χ3v) is 5.38. The van der Waals surface area contributed by atoms with Crippen LogP contribution < -0.4 is 5.32 Å². The number of hydrogen-bond acceptors (Lipinski definition) is 3. The molecule has 0 aliphatic heterocycles. The lowest BCUT2D eigenvalue weighted by Crippen LogP contribution is -2.44. The van der Waals surface area contributed by atoms with Gasteiger partial charge in [-0.25, -0.2) is 9.18 Å². The molecule has 2 aromatic rings. The molecular formula is C22H23ClFNO4. The molecule has 0 spiro atoms. The number of carbonyl (C=O) groups excluding carboxylic acids is 1. The lowest BCUT2D eigenvalue weighted by molar-refractivity contribution is -0.137. The van der Waals surface area contributed by atoms with Crippen LogP contribution in [0.5, 0.6) is 0 Å². The van der Waals surface area contributed by atoms with E-state index in [1.54, 1.807) is 18.2 Å². The van der Waals surface area contributed by atoms with E-state index in [1.807, 2.05) is 13.8 Å². The van der Waals surface area contributed by atoms with Gasteiger partial charge in [0.05, 0.1) is 22.7 Å². The van der Waals surface area contributed by atoms with Crippen molar-refractivity contribution in [3.63, 3.8) is 0 Å². The summed E-state index contributed by atoms with van der Waals surface area (Å²) in [6.07, 6.45) is 0.848. The molecule has 2 N–H and O–H groups in total. The SMILES string of the molecule is CC(C)C(OCc1ccc(Cl)c(F)c1)C(=O)NC1(c2ccc(C(=O)O)cc2)CC1. The number of carboxylic acids is 1. The Morgan fingerprint density at radius 1 is 1.21 bits per heavy atom. The quantitative estimate of drug-likeness (QED) is 0.659. The Morgan fingerprint density at radius 2 is 1.86 bits per heavy atom. The molecule has 5 nitrogen and oxygen atoms in total. The molecule has 1 aliphatic carbocycles. The zero-order valence-electron chi connectivity index (χ0n) is 16.2. The van der Waals surface area contributed by atoms with Crippen LogP contribution in [0.2, 0.25) is 5.02 Å². The van der Waals surface area contributed by atoms with Gasteiger partial charge < -0.3 is 15.2 Å². The molecule has 1 aliphatic rings. The van der Waals surface area contributed by atoms with Crippen molar-refractivity contribution in [2.24, 2.45) is 5.92 Å². The van der Waals surface area contributed by atoms with E-state index in [4.69, 9.17) is 21.4 Å². The van der Waals surface area contributed by atoms with Gasteiger partial charge in [-0.1, -0.05) is 43.6 Å². The van der Waals surface area contributed by atoms with Crippen molar-refractivity contribution < 1.29 is 23.8 Å². The maximum Gasteiger partial charge on any atom is 0.335 e. The number of ether oxygens (including phenoxy) is 1. The summed E-state index contributed by atoms with van der Waals surface area (Å²) >= 11 is 5.70. The second kappa shape index (κ2) is 8.51. The number of carboxylic acid groups (broad SMARTS) is 1. The number of hydrogen-bond donors (Lipinski definition) is 2. The topological polar surface area (TPSA) is 75.6 Å². The minimum Gasteiger partial charge on any atom is -0.478 e. The minimum atomic E-state index is -0.989. The van der Waals surface area contributed by atoms with Gasteiger partial charge in [0.2, 0.25) is 5.91 Å². The maximum absolute atomic E-state index is 13.6. The Bertz CT molecular complexity index is 910. The smallest absolute Gasteiger partial charge is 0.335 e. The second-order valence-electron chi connectivity index (χ2n) is 7.68. The summed E-state index contributed by atoms with van der Waals surface area (Å²) in [6.45, 7) is 3.85. The Hall–Kier alpha value is -2.44. The molecule has 1 atom stereocenters. The first-order chi connectivity index (χ1) is 13.7. The van der Waals surface area contributed by atoms with Crippen LogP contribution in [0, 0.1) is 11.7 Å². The molecule has 0 radical (unpaired) electrons. The zero-order chi connectivity index (χ0) is 21.2. The van der Waals surface area contributed by atoms with E-state index in [0.717, 1.165) is 18.4 Å². The number of benzene rings is 2. The van der Waals surface area contributed by atoms with Gasteiger partial charge in [0.1, 0.15) is 11.9 Å². The Morgan fingerprint density at radius 3 is 2.38 bits per heavy atom. The van der Waals surface area contributed by atoms with Crippen LogP contribution in [0.4, 0.5) is 4.39 Å². The molecule has 1 fully saturated rings. The number of halogens is 2. The monoisotopic (exact) mass is 419 g/mol. The van der Waals surface area contributed by atoms with E-state index in [9.17, 15) is 14.0 Å². The molecule has 7 heteroatoms. The summed E-state index contributed by atoms with van der Waals surface area (Å²) in [5.41, 5.74) is 1.18. The van der Waals surface area contributed by atoms with E-state index in [1.165, 1.54) is 24.3 Å². The zero-order valence-corrected chi connectivity index (χ0v) is 17.0. The van der Waals surface area contributed by atoms with Crippen LogP contribution in [0.15, 0.2) is 42.5 Å². The highest BCUT2D eigenvalue weighted by Gasteiger charge is 2.46. The van der Waals surface area contributed by atoms with Crippen molar-refractivity contribution in [3.8, 4) is 0 Å². The summed E-state index contributed by atoms with van der Waals surface area (Å²) in [4.78, 5) is 23.9. The predicted molar refractivity (Wildman–Crippen MR) is 107 cm³/mol. The Labute approximate surface area is 173 Å². The fourth-order valence-electron chi connectivity index (χ4n) is 3.24. The van der Waals surface area contributed by atoms with E-state index >= 15 is 0 Å². The van der Waals surface area contributed by atoms with Gasteiger partial charge >= 0.3 is 5.97 Å². The molecule has 2 aromatic carbocycles. The van der Waals surface area contributed by atoms with Gasteiger partial charge in [-0.15, -0.1) is 0 Å². The van der Waals surface area contributed by atoms with Crippen molar-refractivity contribution in [3.05, 3.63) is 70.0 Å². The van der Waals surface area contributed by atoms with Crippen molar-refractivity contribution >= 4 is 23.5 Å². The third kappa shape index (κ3) is 4.95. The van der Waals surface area contributed by atoms with Crippen LogP contribution in [-0.4, -0.2) is 23.1 Å². The first-order valence-electron chi connectivity index (χ1n) is 9.43. The normalized spacial score (nSPS) is 15.8. The summed E-state index contributed by atoms with van der Waals surface area (Å²) < 4.78 is 19.4. The van der Waals surface area contributed by atoms with Crippen molar-refractivity contribution in [1.82, 2.24) is 5.32 Å². The van der Waals surface area contributed by atoms with Gasteiger partial charge in [0, 0.05) is 0 Å². The minimum absolute atomic E-state index is 0.0384. The van der Waals surface area contributed by atoms with Crippen LogP contribution in [0.25, 0.3) is 0 Å². The molecule has 0 heterocycles. The number of amides is 1. The molecule has 154 valence electrons. The highest BCUT2D eigenvalue weighted by Crippen LogP contribution is 2.45. The molecule has 1 amide bonds. The average molecular weight is 420 g/mol. The molecule has 0 saturated heterocycles. The van der Waals surface area contributed by atoms with E-state index in [2.05, 4.69) is 5.32 Å².